The van der Waals surface area contributed by atoms with Crippen LogP contribution in [0, 0.1) is 0 Å². The van der Waals surface area contributed by atoms with Crippen LogP contribution in [0.4, 0.5) is 22.2 Å². The van der Waals surface area contributed by atoms with Gasteiger partial charge < -0.3 is 29.5 Å². The molecule has 1 saturated heterocycles. The maximum absolute atomic E-state index is 13.7. The van der Waals surface area contributed by atoms with Crippen molar-refractivity contribution in [2.24, 2.45) is 0 Å². The molecule has 1 N–H and O–H groups in total. The first-order valence-corrected chi connectivity index (χ1v) is 15.0. The number of anilines is 3. The molecular formula is C33H42N6O4. The van der Waals surface area contributed by atoms with Crippen LogP contribution in [0.5, 0.6) is 0 Å². The molecule has 1 aromatic heterocycles. The Morgan fingerprint density at radius 1 is 1.02 bits per heavy atom. The summed E-state index contributed by atoms with van der Waals surface area (Å²) in [5, 5.41) is 3.12. The average molecular weight is 587 g/mol. The van der Waals surface area contributed by atoms with Crippen molar-refractivity contribution in [3.05, 3.63) is 77.5 Å². The molecule has 2 aliphatic heterocycles. The van der Waals surface area contributed by atoms with Crippen molar-refractivity contribution in [2.45, 2.75) is 58.3 Å². The number of likely N-dealkylation sites (tertiary alicyclic amines) is 1. The van der Waals surface area contributed by atoms with Crippen molar-refractivity contribution in [3.63, 3.8) is 0 Å². The second-order valence-corrected chi connectivity index (χ2v) is 12.1. The number of amides is 2. The molecule has 0 unspecified atom stereocenters. The van der Waals surface area contributed by atoms with Crippen molar-refractivity contribution >= 4 is 29.5 Å². The van der Waals surface area contributed by atoms with Crippen LogP contribution < -0.4 is 15.1 Å². The fourth-order valence-corrected chi connectivity index (χ4v) is 5.58. The highest BCUT2D eigenvalue weighted by Gasteiger charge is 2.39. The molecule has 0 radical (unpaired) electrons. The summed E-state index contributed by atoms with van der Waals surface area (Å²) >= 11 is 0. The Morgan fingerprint density at radius 3 is 2.47 bits per heavy atom. The summed E-state index contributed by atoms with van der Waals surface area (Å²) < 4.78 is 12.4. The lowest BCUT2D eigenvalue weighted by Gasteiger charge is -2.42. The second kappa shape index (κ2) is 12.6. The van der Waals surface area contributed by atoms with Gasteiger partial charge in [-0.2, -0.15) is 4.98 Å². The van der Waals surface area contributed by atoms with Gasteiger partial charge in [0.15, 0.2) is 0 Å². The maximum atomic E-state index is 13.7. The van der Waals surface area contributed by atoms with Crippen LogP contribution in [0.25, 0.3) is 0 Å². The smallest absolute Gasteiger partial charge is 0.410 e. The normalized spacial score (nSPS) is 16.9. The lowest BCUT2D eigenvalue weighted by Crippen LogP contribution is -2.47. The van der Waals surface area contributed by atoms with Gasteiger partial charge in [-0.1, -0.05) is 42.5 Å². The van der Waals surface area contributed by atoms with E-state index in [1.165, 1.54) is 0 Å². The molecule has 10 heteroatoms. The number of ether oxygens (including phenoxy) is 2. The van der Waals surface area contributed by atoms with Crippen LogP contribution in [-0.2, 0) is 21.7 Å². The van der Waals surface area contributed by atoms with Crippen molar-refractivity contribution in [2.75, 3.05) is 54.9 Å². The standard InChI is InChI=1S/C33H42N6O4/c1-6-34-30-35-22-27-28(36-30)37(5)19-20-39(29(27)40)26-14-10-11-24(21-26)23-42-33(25-12-8-7-9-13-25)15-17-38(18-16-33)31(41)43-32(2,3)4/h7-14,21-22H,6,15-20,23H2,1-5H3,(H,34,35,36). The first-order chi connectivity index (χ1) is 20.6. The molecule has 3 heterocycles. The number of hydrogen-bond acceptors (Lipinski definition) is 8. The minimum absolute atomic E-state index is 0.129. The Balaban J connectivity index is 1.33. The van der Waals surface area contributed by atoms with Gasteiger partial charge in [0.05, 0.1) is 12.2 Å². The fourth-order valence-electron chi connectivity index (χ4n) is 5.58. The number of fused-ring (bicyclic) bond motifs is 1. The number of benzene rings is 2. The van der Waals surface area contributed by atoms with E-state index in [1.54, 1.807) is 16.0 Å². The Morgan fingerprint density at radius 2 is 1.77 bits per heavy atom. The molecule has 0 bridgehead atoms. The number of aromatic nitrogens is 2. The van der Waals surface area contributed by atoms with Gasteiger partial charge in [-0.25, -0.2) is 9.78 Å². The van der Waals surface area contributed by atoms with E-state index >= 15 is 0 Å². The minimum atomic E-state index is -0.544. The van der Waals surface area contributed by atoms with Gasteiger partial charge in [0, 0.05) is 51.7 Å². The highest BCUT2D eigenvalue weighted by Crippen LogP contribution is 2.38. The Hall–Kier alpha value is -4.18. The van der Waals surface area contributed by atoms with Crippen molar-refractivity contribution in [1.29, 1.82) is 0 Å². The molecule has 1 fully saturated rings. The quantitative estimate of drug-likeness (QED) is 0.390. The third-order valence-corrected chi connectivity index (χ3v) is 7.86. The van der Waals surface area contributed by atoms with E-state index in [1.807, 2.05) is 82.1 Å². The van der Waals surface area contributed by atoms with Crippen LogP contribution in [0.3, 0.4) is 0 Å². The van der Waals surface area contributed by atoms with Gasteiger partial charge in [0.25, 0.3) is 5.91 Å². The summed E-state index contributed by atoms with van der Waals surface area (Å²) in [6, 6.07) is 18.2. The number of carbonyl (C=O) groups is 2. The Kier molecular flexibility index (Phi) is 8.87. The molecule has 0 aliphatic carbocycles. The number of nitrogens with one attached hydrogen (secondary N) is 1. The third kappa shape index (κ3) is 6.91. The van der Waals surface area contributed by atoms with Crippen LogP contribution in [-0.4, -0.2) is 72.2 Å². The van der Waals surface area contributed by atoms with E-state index in [4.69, 9.17) is 9.47 Å². The topological polar surface area (TPSA) is 100 Å². The highest BCUT2D eigenvalue weighted by atomic mass is 16.6. The van der Waals surface area contributed by atoms with Crippen LogP contribution in [0.2, 0.25) is 0 Å². The predicted octanol–water partition coefficient (Wildman–Crippen LogP) is 5.45. The van der Waals surface area contributed by atoms with Crippen LogP contribution in [0.15, 0.2) is 60.8 Å². The van der Waals surface area contributed by atoms with E-state index in [0.717, 1.165) is 16.8 Å². The molecule has 228 valence electrons. The van der Waals surface area contributed by atoms with Gasteiger partial charge in [-0.15, -0.1) is 0 Å². The van der Waals surface area contributed by atoms with Crippen molar-refractivity contribution < 1.29 is 19.1 Å². The van der Waals surface area contributed by atoms with Crippen LogP contribution >= 0.6 is 0 Å². The minimum Gasteiger partial charge on any atom is -0.444 e. The molecule has 2 aliphatic rings. The second-order valence-electron chi connectivity index (χ2n) is 12.1. The van der Waals surface area contributed by atoms with E-state index in [2.05, 4.69) is 27.4 Å². The number of rotatable bonds is 7. The zero-order valence-electron chi connectivity index (χ0n) is 25.8. The molecule has 10 nitrogen and oxygen atoms in total. The molecule has 3 aromatic rings. The summed E-state index contributed by atoms with van der Waals surface area (Å²) in [5.41, 5.74) is 2.25. The molecular weight excluding hydrogens is 544 g/mol. The monoisotopic (exact) mass is 586 g/mol. The SMILES string of the molecule is CCNc1ncc2c(n1)N(C)CCN(c1cccc(COC3(c4ccccc4)CCN(C(=O)OC(C)(C)C)CC3)c1)C2=O. The molecule has 0 spiro atoms. The van der Waals surface area contributed by atoms with E-state index in [0.29, 0.717) is 69.5 Å². The zero-order valence-corrected chi connectivity index (χ0v) is 25.8. The first kappa shape index (κ1) is 30.3. The van der Waals surface area contributed by atoms with Gasteiger partial charge in [-0.3, -0.25) is 4.79 Å². The van der Waals surface area contributed by atoms with Crippen LogP contribution in [0.1, 0.15) is 62.0 Å². The van der Waals surface area contributed by atoms with E-state index in [-0.39, 0.29) is 12.0 Å². The number of likely N-dealkylation sites (N-methyl/N-ethyl adjacent to an activating group) is 1. The molecule has 5 rings (SSSR count). The molecule has 2 amide bonds. The third-order valence-electron chi connectivity index (χ3n) is 7.86. The van der Waals surface area contributed by atoms with E-state index < -0.39 is 11.2 Å². The lowest BCUT2D eigenvalue weighted by molar-refractivity contribution is -0.0992. The van der Waals surface area contributed by atoms with Gasteiger partial charge in [0.1, 0.15) is 17.0 Å². The van der Waals surface area contributed by atoms with E-state index in [9.17, 15) is 9.59 Å². The van der Waals surface area contributed by atoms with Crippen molar-refractivity contribution in [3.8, 4) is 0 Å². The summed E-state index contributed by atoms with van der Waals surface area (Å²) in [6.45, 7) is 10.9. The number of carbonyl (C=O) groups excluding carboxylic acids is 2. The Bertz CT molecular complexity index is 1430. The summed E-state index contributed by atoms with van der Waals surface area (Å²) in [5.74, 6) is 1.01. The molecule has 0 saturated carbocycles. The largest absolute Gasteiger partial charge is 0.444 e. The molecule has 43 heavy (non-hydrogen) atoms. The zero-order chi connectivity index (χ0) is 30.6. The summed E-state index contributed by atoms with van der Waals surface area (Å²) in [6.07, 6.45) is 2.62. The lowest BCUT2D eigenvalue weighted by atomic mass is 9.84. The Labute approximate surface area is 254 Å². The number of piperidine rings is 1. The molecule has 0 atom stereocenters. The average Bonchev–Trinajstić information content (AvgIpc) is 3.12. The molecule has 2 aromatic carbocycles. The maximum Gasteiger partial charge on any atom is 0.410 e. The van der Waals surface area contributed by atoms with Gasteiger partial charge in [-0.05, 0) is 63.8 Å². The number of nitrogens with zero attached hydrogens (tertiary/aromatic N) is 5. The first-order valence-electron chi connectivity index (χ1n) is 15.0. The summed E-state index contributed by atoms with van der Waals surface area (Å²) in [4.78, 5) is 40.9. The summed E-state index contributed by atoms with van der Waals surface area (Å²) in [7, 11) is 1.94. The highest BCUT2D eigenvalue weighted by molar-refractivity contribution is 6.09. The van der Waals surface area contributed by atoms with Crippen molar-refractivity contribution in [1.82, 2.24) is 14.9 Å². The van der Waals surface area contributed by atoms with Gasteiger partial charge in [0.2, 0.25) is 5.95 Å². The number of hydrogen-bond donors (Lipinski definition) is 1. The van der Waals surface area contributed by atoms with Gasteiger partial charge >= 0.3 is 6.09 Å². The predicted molar refractivity (Wildman–Crippen MR) is 168 cm³/mol. The fraction of sp³-hybridized carbons (Fsp3) is 0.455.